The molecule has 1 aromatic rings. The molecule has 0 spiro atoms. The van der Waals surface area contributed by atoms with Crippen LogP contribution in [0.15, 0.2) is 5.38 Å². The molecule has 0 fully saturated rings. The quantitative estimate of drug-likeness (QED) is 0.613. The summed E-state index contributed by atoms with van der Waals surface area (Å²) in [5.74, 6) is -0.575. The number of nitrogens with one attached hydrogen (secondary N) is 1. The molecule has 0 aliphatic rings. The molecule has 0 unspecified atom stereocenters. The molecule has 0 aromatic carbocycles. The summed E-state index contributed by atoms with van der Waals surface area (Å²) in [7, 11) is 4.85. The first kappa shape index (κ1) is 7.27. The highest BCUT2D eigenvalue weighted by molar-refractivity contribution is 7.14. The maximum absolute atomic E-state index is 10.3. The molecule has 3 nitrogen and oxygen atoms in total. The van der Waals surface area contributed by atoms with Gasteiger partial charge in [0.05, 0.1) is 5.69 Å². The molecular weight excluding hydrogens is 147 g/mol. The van der Waals surface area contributed by atoms with Gasteiger partial charge < -0.3 is 5.32 Å². The molecule has 0 aliphatic carbocycles. The molecule has 1 N–H and O–H groups in total. The molecule has 50 valence electrons. The second kappa shape index (κ2) is 2.83. The van der Waals surface area contributed by atoms with Crippen LogP contribution in [0.4, 0.5) is 9.93 Å². The van der Waals surface area contributed by atoms with Crippen molar-refractivity contribution in [3.05, 3.63) is 11.1 Å². The van der Waals surface area contributed by atoms with Crippen LogP contribution < -0.4 is 5.32 Å². The van der Waals surface area contributed by atoms with Crippen LogP contribution in [0.3, 0.4) is 0 Å². The molecule has 2 radical (unpaired) electrons. The minimum Gasteiger partial charge on any atom is -0.312 e. The van der Waals surface area contributed by atoms with Crippen molar-refractivity contribution < 1.29 is 4.79 Å². The van der Waals surface area contributed by atoms with Gasteiger partial charge in [0.2, 0.25) is 7.85 Å². The zero-order chi connectivity index (χ0) is 7.56. The Bertz CT molecular complexity index is 248. The van der Waals surface area contributed by atoms with Crippen molar-refractivity contribution in [2.75, 3.05) is 5.32 Å². The molecule has 1 rings (SSSR count). The number of rotatable bonds is 1. The fourth-order valence-corrected chi connectivity index (χ4v) is 1.21. The number of hydrogen-bond donors (Lipinski definition) is 1. The Hall–Kier alpha value is -0.835. The number of aromatic nitrogens is 1. The van der Waals surface area contributed by atoms with Gasteiger partial charge in [0.1, 0.15) is 0 Å². The van der Waals surface area contributed by atoms with Crippen LogP contribution in [0.5, 0.6) is 0 Å². The van der Waals surface area contributed by atoms with Crippen molar-refractivity contribution in [1.82, 2.24) is 4.98 Å². The fourth-order valence-electron chi connectivity index (χ4n) is 0.517. The van der Waals surface area contributed by atoms with Crippen molar-refractivity contribution in [3.63, 3.8) is 0 Å². The lowest BCUT2D eigenvalue weighted by Gasteiger charge is -1.92. The first-order valence-corrected chi connectivity index (χ1v) is 3.55. The van der Waals surface area contributed by atoms with Crippen LogP contribution in [0.2, 0.25) is 0 Å². The lowest BCUT2D eigenvalue weighted by Crippen LogP contribution is -2.07. The summed E-state index contributed by atoms with van der Waals surface area (Å²) < 4.78 is 0. The third kappa shape index (κ3) is 1.84. The number of thiazole rings is 1. The summed E-state index contributed by atoms with van der Waals surface area (Å²) in [5.41, 5.74) is 0.883. The van der Waals surface area contributed by atoms with Gasteiger partial charge in [-0.2, -0.15) is 0 Å². The number of amides is 1. The van der Waals surface area contributed by atoms with E-state index in [2.05, 4.69) is 10.3 Å². The summed E-state index contributed by atoms with van der Waals surface area (Å²) >= 11 is 1.35. The third-order valence-corrected chi connectivity index (χ3v) is 1.72. The molecule has 0 saturated heterocycles. The van der Waals surface area contributed by atoms with Gasteiger partial charge in [-0.15, -0.1) is 11.3 Å². The number of nitrogens with zero attached hydrogens (tertiary/aromatic N) is 1. The van der Waals surface area contributed by atoms with E-state index in [-0.39, 0.29) is 0 Å². The van der Waals surface area contributed by atoms with Gasteiger partial charge in [0.15, 0.2) is 10.9 Å². The highest BCUT2D eigenvalue weighted by Crippen LogP contribution is 2.13. The Kier molecular flexibility index (Phi) is 2.06. The van der Waals surface area contributed by atoms with E-state index in [4.69, 9.17) is 7.85 Å². The SMILES string of the molecule is [B]C(=O)Nc1nc(C)cs1. The maximum atomic E-state index is 10.3. The number of carbonyl (C=O) groups is 1. The summed E-state index contributed by atoms with van der Waals surface area (Å²) in [5, 5.41) is 4.76. The van der Waals surface area contributed by atoms with Gasteiger partial charge >= 0.3 is 0 Å². The Labute approximate surface area is 63.9 Å². The average molecular weight is 152 g/mol. The number of aryl methyl sites for hydroxylation is 1. The zero-order valence-corrected chi connectivity index (χ0v) is 6.23. The predicted octanol–water partition coefficient (Wildman–Crippen LogP) is 1.15. The monoisotopic (exact) mass is 152 g/mol. The standard InChI is InChI=1S/C5H5BN2OS/c1-3-2-10-5(7-3)8-4(6)9/h2H,1H3,(H,7,8,9). The molecule has 0 aliphatic heterocycles. The van der Waals surface area contributed by atoms with Crippen LogP contribution in [-0.4, -0.2) is 18.6 Å². The first-order valence-electron chi connectivity index (χ1n) is 2.67. The molecule has 0 atom stereocenters. The van der Waals surface area contributed by atoms with Crippen LogP contribution in [0.25, 0.3) is 0 Å². The molecule has 5 heteroatoms. The van der Waals surface area contributed by atoms with Crippen LogP contribution in [-0.2, 0) is 0 Å². The smallest absolute Gasteiger partial charge is 0.201 e. The lowest BCUT2D eigenvalue weighted by molar-refractivity contribution is 0.269. The number of anilines is 1. The molecule has 1 heterocycles. The van der Waals surface area contributed by atoms with Crippen LogP contribution in [0, 0.1) is 6.92 Å². The van der Waals surface area contributed by atoms with Crippen LogP contribution in [0.1, 0.15) is 5.69 Å². The summed E-state index contributed by atoms with van der Waals surface area (Å²) in [4.78, 5) is 14.2. The van der Waals surface area contributed by atoms with Gasteiger partial charge in [0.25, 0.3) is 0 Å². The minimum atomic E-state index is -0.575. The highest BCUT2D eigenvalue weighted by Gasteiger charge is 1.97. The highest BCUT2D eigenvalue weighted by atomic mass is 32.1. The second-order valence-electron chi connectivity index (χ2n) is 1.78. The topological polar surface area (TPSA) is 42.0 Å². The molecule has 0 saturated carbocycles. The maximum Gasteiger partial charge on any atom is 0.201 e. The van der Waals surface area contributed by atoms with Gasteiger partial charge in [0, 0.05) is 5.38 Å². The van der Waals surface area contributed by atoms with Gasteiger partial charge in [-0.05, 0) is 6.92 Å². The molecule has 1 amide bonds. The van der Waals surface area contributed by atoms with E-state index < -0.39 is 5.81 Å². The van der Waals surface area contributed by atoms with Gasteiger partial charge in [-0.1, -0.05) is 0 Å². The van der Waals surface area contributed by atoms with Crippen molar-refractivity contribution in [3.8, 4) is 0 Å². The summed E-state index contributed by atoms with van der Waals surface area (Å²) in [6, 6.07) is 0. The zero-order valence-electron chi connectivity index (χ0n) is 5.42. The lowest BCUT2D eigenvalue weighted by atomic mass is 10.1. The molecule has 10 heavy (non-hydrogen) atoms. The van der Waals surface area contributed by atoms with E-state index in [1.807, 2.05) is 12.3 Å². The Morgan fingerprint density at radius 3 is 3.00 bits per heavy atom. The largest absolute Gasteiger partial charge is 0.312 e. The van der Waals surface area contributed by atoms with Crippen LogP contribution >= 0.6 is 11.3 Å². The number of hydrogen-bond acceptors (Lipinski definition) is 3. The molecular formula is C5H5BN2OS. The van der Waals surface area contributed by atoms with E-state index in [1.165, 1.54) is 11.3 Å². The van der Waals surface area contributed by atoms with Gasteiger partial charge in [-0.3, -0.25) is 4.79 Å². The van der Waals surface area contributed by atoms with E-state index in [9.17, 15) is 4.79 Å². The van der Waals surface area contributed by atoms with Crippen molar-refractivity contribution in [2.24, 2.45) is 0 Å². The minimum absolute atomic E-state index is 0.546. The molecule has 1 aromatic heterocycles. The number of carbonyl (C=O) groups excluding carboxylic acids is 1. The third-order valence-electron chi connectivity index (χ3n) is 0.849. The fraction of sp³-hybridized carbons (Fsp3) is 0.200. The summed E-state index contributed by atoms with van der Waals surface area (Å²) in [6.07, 6.45) is 0. The van der Waals surface area contributed by atoms with E-state index in [1.54, 1.807) is 0 Å². The summed E-state index contributed by atoms with van der Waals surface area (Å²) in [6.45, 7) is 1.85. The van der Waals surface area contributed by atoms with E-state index in [0.717, 1.165) is 5.69 Å². The molecule has 0 bridgehead atoms. The van der Waals surface area contributed by atoms with Crippen molar-refractivity contribution in [1.29, 1.82) is 0 Å². The Morgan fingerprint density at radius 1 is 1.90 bits per heavy atom. The normalized spacial score (nSPS) is 9.30. The first-order chi connectivity index (χ1) is 4.68. The van der Waals surface area contributed by atoms with Crippen molar-refractivity contribution >= 4 is 30.1 Å². The Morgan fingerprint density at radius 2 is 2.60 bits per heavy atom. The predicted molar refractivity (Wildman–Crippen MR) is 41.6 cm³/mol. The average Bonchev–Trinajstić information content (AvgIpc) is 2.13. The second-order valence-corrected chi connectivity index (χ2v) is 2.64. The van der Waals surface area contributed by atoms with Crippen molar-refractivity contribution in [2.45, 2.75) is 6.92 Å². The van der Waals surface area contributed by atoms with Gasteiger partial charge in [-0.25, -0.2) is 4.98 Å². The van der Waals surface area contributed by atoms with E-state index in [0.29, 0.717) is 5.13 Å². The Balaban J connectivity index is 2.67. The van der Waals surface area contributed by atoms with E-state index >= 15 is 0 Å².